The summed E-state index contributed by atoms with van der Waals surface area (Å²) in [6.45, 7) is 6.12. The first-order valence-corrected chi connectivity index (χ1v) is 9.82. The molecule has 4 rings (SSSR count). The first-order valence-electron chi connectivity index (χ1n) is 9.00. The Morgan fingerprint density at radius 2 is 2.15 bits per heavy atom. The number of likely N-dealkylation sites (tertiary alicyclic amines) is 1. The number of rotatable bonds is 4. The van der Waals surface area contributed by atoms with Crippen LogP contribution < -0.4 is 4.74 Å². The molecule has 0 aliphatic carbocycles. The number of piperidine rings is 1. The van der Waals surface area contributed by atoms with Crippen LogP contribution in [0.2, 0.25) is 0 Å². The summed E-state index contributed by atoms with van der Waals surface area (Å²) in [5.74, 6) is 2.32. The number of para-hydroxylation sites is 1. The van der Waals surface area contributed by atoms with E-state index in [-0.39, 0.29) is 11.9 Å². The third-order valence-electron chi connectivity index (χ3n) is 5.04. The van der Waals surface area contributed by atoms with Crippen molar-refractivity contribution in [2.45, 2.75) is 32.7 Å². The highest BCUT2D eigenvalue weighted by molar-refractivity contribution is 7.17. The summed E-state index contributed by atoms with van der Waals surface area (Å²) < 4.78 is 7.19. The molecule has 6 nitrogen and oxygen atoms in total. The van der Waals surface area contributed by atoms with E-state index in [1.54, 1.807) is 11.6 Å². The standard InChI is InChI=1S/C19H24N4O2S/c1-12-7-6-10-22(11-12)16(14-8-4-5-9-15(14)25-3)17-18(24)23-19(26-17)20-13(2)21-23/h4-5,8-9,12,16,24H,6-7,10-11H2,1-3H3. The van der Waals surface area contributed by atoms with Gasteiger partial charge in [0.2, 0.25) is 10.8 Å². The first kappa shape index (κ1) is 17.3. The Bertz CT molecular complexity index is 920. The van der Waals surface area contributed by atoms with E-state index in [4.69, 9.17) is 4.74 Å². The Labute approximate surface area is 157 Å². The summed E-state index contributed by atoms with van der Waals surface area (Å²) in [5, 5.41) is 15.2. The molecule has 0 amide bonds. The molecule has 0 saturated carbocycles. The van der Waals surface area contributed by atoms with Crippen molar-refractivity contribution < 1.29 is 9.84 Å². The number of fused-ring (bicyclic) bond motifs is 1. The van der Waals surface area contributed by atoms with Gasteiger partial charge >= 0.3 is 0 Å². The lowest BCUT2D eigenvalue weighted by Crippen LogP contribution is -2.37. The lowest BCUT2D eigenvalue weighted by Gasteiger charge is -2.37. The van der Waals surface area contributed by atoms with E-state index >= 15 is 0 Å². The predicted molar refractivity (Wildman–Crippen MR) is 102 cm³/mol. The maximum atomic E-state index is 10.9. The van der Waals surface area contributed by atoms with Crippen molar-refractivity contribution in [2.75, 3.05) is 20.2 Å². The van der Waals surface area contributed by atoms with Crippen LogP contribution in [0.5, 0.6) is 11.6 Å². The van der Waals surface area contributed by atoms with Crippen LogP contribution in [-0.2, 0) is 0 Å². The van der Waals surface area contributed by atoms with Crippen molar-refractivity contribution in [3.63, 3.8) is 0 Å². The second kappa shape index (κ2) is 6.89. The molecular weight excluding hydrogens is 348 g/mol. The number of ether oxygens (including phenoxy) is 1. The summed E-state index contributed by atoms with van der Waals surface area (Å²) in [5.41, 5.74) is 1.07. The second-order valence-corrected chi connectivity index (χ2v) is 8.04. The van der Waals surface area contributed by atoms with Crippen molar-refractivity contribution >= 4 is 16.3 Å². The van der Waals surface area contributed by atoms with Crippen LogP contribution in [-0.4, -0.2) is 44.8 Å². The molecular formula is C19H24N4O2S. The largest absolute Gasteiger partial charge is 0.496 e. The molecule has 2 aromatic heterocycles. The Kier molecular flexibility index (Phi) is 4.58. The minimum absolute atomic E-state index is 0.0669. The van der Waals surface area contributed by atoms with Crippen molar-refractivity contribution in [2.24, 2.45) is 5.92 Å². The smallest absolute Gasteiger partial charge is 0.230 e. The molecule has 0 spiro atoms. The first-order chi connectivity index (χ1) is 12.6. The van der Waals surface area contributed by atoms with Gasteiger partial charge in [-0.2, -0.15) is 4.52 Å². The highest BCUT2D eigenvalue weighted by Gasteiger charge is 2.33. The van der Waals surface area contributed by atoms with Crippen molar-refractivity contribution in [3.8, 4) is 11.6 Å². The Hall–Kier alpha value is -2.12. The third-order valence-corrected chi connectivity index (χ3v) is 6.11. The van der Waals surface area contributed by atoms with Crippen molar-refractivity contribution in [1.29, 1.82) is 0 Å². The minimum Gasteiger partial charge on any atom is -0.496 e. The Morgan fingerprint density at radius 3 is 2.88 bits per heavy atom. The van der Waals surface area contributed by atoms with Gasteiger partial charge in [-0.3, -0.25) is 4.90 Å². The fraction of sp³-hybridized carbons (Fsp3) is 0.474. The molecule has 0 radical (unpaired) electrons. The van der Waals surface area contributed by atoms with Gasteiger partial charge in [0, 0.05) is 12.1 Å². The molecule has 1 fully saturated rings. The minimum atomic E-state index is -0.0669. The van der Waals surface area contributed by atoms with E-state index in [0.717, 1.165) is 40.7 Å². The number of benzene rings is 1. The average Bonchev–Trinajstić information content (AvgIpc) is 3.14. The van der Waals surface area contributed by atoms with Gasteiger partial charge in [0.05, 0.1) is 18.0 Å². The van der Waals surface area contributed by atoms with Gasteiger partial charge in [-0.25, -0.2) is 4.98 Å². The number of nitrogens with zero attached hydrogens (tertiary/aromatic N) is 4. The van der Waals surface area contributed by atoms with Crippen molar-refractivity contribution in [3.05, 3.63) is 40.5 Å². The number of thiazole rings is 1. The lowest BCUT2D eigenvalue weighted by molar-refractivity contribution is 0.147. The molecule has 1 aromatic carbocycles. The zero-order chi connectivity index (χ0) is 18.3. The number of aromatic nitrogens is 3. The maximum absolute atomic E-state index is 10.9. The summed E-state index contributed by atoms with van der Waals surface area (Å²) in [4.78, 5) is 8.48. The van der Waals surface area contributed by atoms with Crippen LogP contribution in [0.15, 0.2) is 24.3 Å². The summed E-state index contributed by atoms with van der Waals surface area (Å²) in [6.07, 6.45) is 2.41. The van der Waals surface area contributed by atoms with Gasteiger partial charge in [-0.05, 0) is 38.3 Å². The van der Waals surface area contributed by atoms with E-state index in [2.05, 4.69) is 28.0 Å². The fourth-order valence-corrected chi connectivity index (χ4v) is 5.04. The van der Waals surface area contributed by atoms with Crippen LogP contribution in [0, 0.1) is 12.8 Å². The van der Waals surface area contributed by atoms with Crippen molar-refractivity contribution in [1.82, 2.24) is 19.5 Å². The van der Waals surface area contributed by atoms with Gasteiger partial charge in [-0.1, -0.05) is 36.5 Å². The van der Waals surface area contributed by atoms with Gasteiger partial charge in [0.1, 0.15) is 11.6 Å². The molecule has 1 aliphatic heterocycles. The van der Waals surface area contributed by atoms with Gasteiger partial charge in [-0.15, -0.1) is 5.10 Å². The molecule has 3 heterocycles. The summed E-state index contributed by atoms with van der Waals surface area (Å²) >= 11 is 1.50. The highest BCUT2D eigenvalue weighted by atomic mass is 32.1. The molecule has 2 atom stereocenters. The van der Waals surface area contributed by atoms with Gasteiger partial charge < -0.3 is 9.84 Å². The highest BCUT2D eigenvalue weighted by Crippen LogP contribution is 2.43. The van der Waals surface area contributed by atoms with Crippen LogP contribution in [0.4, 0.5) is 0 Å². The average molecular weight is 372 g/mol. The molecule has 26 heavy (non-hydrogen) atoms. The molecule has 1 saturated heterocycles. The third kappa shape index (κ3) is 2.95. The second-order valence-electron chi connectivity index (χ2n) is 7.03. The van der Waals surface area contributed by atoms with E-state index in [9.17, 15) is 5.11 Å². The summed E-state index contributed by atoms with van der Waals surface area (Å²) in [7, 11) is 1.70. The van der Waals surface area contributed by atoms with E-state index in [0.29, 0.717) is 11.7 Å². The number of aryl methyl sites for hydroxylation is 1. The van der Waals surface area contributed by atoms with E-state index in [1.807, 2.05) is 25.1 Å². The van der Waals surface area contributed by atoms with Crippen LogP contribution in [0.1, 0.15) is 42.1 Å². The van der Waals surface area contributed by atoms with E-state index in [1.165, 1.54) is 17.8 Å². The molecule has 2 unspecified atom stereocenters. The number of hydrogen-bond acceptors (Lipinski definition) is 6. The van der Waals surface area contributed by atoms with Crippen LogP contribution >= 0.6 is 11.3 Å². The zero-order valence-corrected chi connectivity index (χ0v) is 16.2. The van der Waals surface area contributed by atoms with Crippen LogP contribution in [0.3, 0.4) is 0 Å². The number of methoxy groups -OCH3 is 1. The normalized spacial score (nSPS) is 19.7. The molecule has 1 N–H and O–H groups in total. The van der Waals surface area contributed by atoms with Crippen LogP contribution in [0.25, 0.3) is 4.96 Å². The molecule has 138 valence electrons. The lowest BCUT2D eigenvalue weighted by atomic mass is 9.95. The zero-order valence-electron chi connectivity index (χ0n) is 15.3. The Balaban J connectivity index is 1.86. The SMILES string of the molecule is COc1ccccc1C(c1sc2nc(C)nn2c1O)N1CCCC(C)C1. The quantitative estimate of drug-likeness (QED) is 0.758. The fourth-order valence-electron chi connectivity index (χ4n) is 3.88. The van der Waals surface area contributed by atoms with Gasteiger partial charge in [0.25, 0.3) is 0 Å². The number of aromatic hydroxyl groups is 1. The Morgan fingerprint density at radius 1 is 1.35 bits per heavy atom. The van der Waals surface area contributed by atoms with E-state index < -0.39 is 0 Å². The summed E-state index contributed by atoms with van der Waals surface area (Å²) in [6, 6.07) is 8.00. The molecule has 3 aromatic rings. The molecule has 1 aliphatic rings. The molecule has 7 heteroatoms. The maximum Gasteiger partial charge on any atom is 0.230 e. The number of hydrogen-bond donors (Lipinski definition) is 1. The predicted octanol–water partition coefficient (Wildman–Crippen LogP) is 3.63. The monoisotopic (exact) mass is 372 g/mol. The topological polar surface area (TPSA) is 62.9 Å². The molecule has 0 bridgehead atoms. The van der Waals surface area contributed by atoms with Gasteiger partial charge in [0.15, 0.2) is 0 Å².